The van der Waals surface area contributed by atoms with Gasteiger partial charge < -0.3 is 9.47 Å². The zero-order valence-electron chi connectivity index (χ0n) is 11.7. The Morgan fingerprint density at radius 2 is 2.19 bits per heavy atom. The summed E-state index contributed by atoms with van der Waals surface area (Å²) in [5.41, 5.74) is 1.38. The van der Waals surface area contributed by atoms with Gasteiger partial charge in [0.05, 0.1) is 6.10 Å². The minimum atomic E-state index is -0.373. The molecule has 21 heavy (non-hydrogen) atoms. The van der Waals surface area contributed by atoms with Crippen LogP contribution in [0.4, 0.5) is 0 Å². The van der Waals surface area contributed by atoms with Gasteiger partial charge in [0.1, 0.15) is 11.6 Å². The Morgan fingerprint density at radius 3 is 2.95 bits per heavy atom. The van der Waals surface area contributed by atoms with Crippen molar-refractivity contribution in [2.45, 2.75) is 25.4 Å². The molecule has 0 spiro atoms. The van der Waals surface area contributed by atoms with E-state index in [0.717, 1.165) is 36.4 Å². The SMILES string of the molecule is O=C(OCC1CCCCO1)c1csc(-c2ccccc2)n1. The molecule has 110 valence electrons. The molecule has 1 fully saturated rings. The predicted octanol–water partition coefficient (Wildman–Crippen LogP) is 3.54. The van der Waals surface area contributed by atoms with Gasteiger partial charge in [-0.25, -0.2) is 9.78 Å². The van der Waals surface area contributed by atoms with E-state index in [-0.39, 0.29) is 12.1 Å². The van der Waals surface area contributed by atoms with Crippen LogP contribution in [0.2, 0.25) is 0 Å². The molecule has 1 aromatic carbocycles. The number of hydrogen-bond donors (Lipinski definition) is 0. The summed E-state index contributed by atoms with van der Waals surface area (Å²) >= 11 is 1.45. The second kappa shape index (κ2) is 6.83. The standard InChI is InChI=1S/C16H17NO3S/c18-16(20-10-13-8-4-5-9-19-13)14-11-21-15(17-14)12-6-2-1-3-7-12/h1-3,6-7,11,13H,4-5,8-10H2. The topological polar surface area (TPSA) is 48.4 Å². The number of nitrogens with zero attached hydrogens (tertiary/aromatic N) is 1. The van der Waals surface area contributed by atoms with Gasteiger partial charge in [-0.1, -0.05) is 30.3 Å². The molecule has 3 rings (SSSR count). The lowest BCUT2D eigenvalue weighted by molar-refractivity contribution is -0.0302. The van der Waals surface area contributed by atoms with Crippen molar-refractivity contribution in [1.82, 2.24) is 4.98 Å². The summed E-state index contributed by atoms with van der Waals surface area (Å²) < 4.78 is 10.8. The summed E-state index contributed by atoms with van der Waals surface area (Å²) in [6, 6.07) is 9.81. The normalized spacial score (nSPS) is 18.4. The largest absolute Gasteiger partial charge is 0.458 e. The molecule has 1 aliphatic heterocycles. The highest BCUT2D eigenvalue weighted by atomic mass is 32.1. The zero-order chi connectivity index (χ0) is 14.5. The second-order valence-corrected chi connectivity index (χ2v) is 5.85. The van der Waals surface area contributed by atoms with Crippen molar-refractivity contribution in [3.63, 3.8) is 0 Å². The van der Waals surface area contributed by atoms with E-state index >= 15 is 0 Å². The van der Waals surface area contributed by atoms with Crippen LogP contribution in [0.25, 0.3) is 10.6 Å². The van der Waals surface area contributed by atoms with Crippen molar-refractivity contribution in [2.24, 2.45) is 0 Å². The van der Waals surface area contributed by atoms with Crippen LogP contribution in [0.3, 0.4) is 0 Å². The third-order valence-electron chi connectivity index (χ3n) is 3.41. The Kier molecular flexibility index (Phi) is 4.62. The Balaban J connectivity index is 1.59. The first-order valence-corrected chi connectivity index (χ1v) is 8.00. The number of carbonyl (C=O) groups is 1. The molecular weight excluding hydrogens is 286 g/mol. The van der Waals surface area contributed by atoms with Crippen LogP contribution in [0.15, 0.2) is 35.7 Å². The fourth-order valence-electron chi connectivity index (χ4n) is 2.26. The van der Waals surface area contributed by atoms with Gasteiger partial charge in [-0.2, -0.15) is 0 Å². The number of rotatable bonds is 4. The van der Waals surface area contributed by atoms with Crippen LogP contribution in [0.1, 0.15) is 29.8 Å². The van der Waals surface area contributed by atoms with Gasteiger partial charge in [0.25, 0.3) is 0 Å². The van der Waals surface area contributed by atoms with E-state index in [1.54, 1.807) is 5.38 Å². The molecule has 1 atom stereocenters. The smallest absolute Gasteiger partial charge is 0.357 e. The van der Waals surface area contributed by atoms with E-state index in [0.29, 0.717) is 12.3 Å². The lowest BCUT2D eigenvalue weighted by atomic mass is 10.1. The van der Waals surface area contributed by atoms with E-state index in [1.165, 1.54) is 11.3 Å². The van der Waals surface area contributed by atoms with Gasteiger partial charge in [0.15, 0.2) is 5.69 Å². The van der Waals surface area contributed by atoms with Gasteiger partial charge in [-0.15, -0.1) is 11.3 Å². The van der Waals surface area contributed by atoms with E-state index in [1.807, 2.05) is 30.3 Å². The minimum Gasteiger partial charge on any atom is -0.458 e. The average Bonchev–Trinajstić information content (AvgIpc) is 3.04. The quantitative estimate of drug-likeness (QED) is 0.811. The van der Waals surface area contributed by atoms with Crippen LogP contribution in [0.5, 0.6) is 0 Å². The summed E-state index contributed by atoms with van der Waals surface area (Å²) in [5.74, 6) is -0.373. The molecule has 1 unspecified atom stereocenters. The summed E-state index contributed by atoms with van der Waals surface area (Å²) in [4.78, 5) is 16.3. The van der Waals surface area contributed by atoms with E-state index in [2.05, 4.69) is 4.98 Å². The summed E-state index contributed by atoms with van der Waals surface area (Å²) in [6.45, 7) is 1.08. The number of thiazole rings is 1. The Bertz CT molecular complexity index is 591. The molecule has 0 amide bonds. The van der Waals surface area contributed by atoms with Gasteiger partial charge in [-0.3, -0.25) is 0 Å². The average molecular weight is 303 g/mol. The van der Waals surface area contributed by atoms with Crippen LogP contribution in [0, 0.1) is 0 Å². The van der Waals surface area contributed by atoms with Crippen molar-refractivity contribution >= 4 is 17.3 Å². The maximum Gasteiger partial charge on any atom is 0.357 e. The fraction of sp³-hybridized carbons (Fsp3) is 0.375. The molecule has 0 aliphatic carbocycles. The molecule has 2 heterocycles. The van der Waals surface area contributed by atoms with Crippen LogP contribution in [-0.2, 0) is 9.47 Å². The van der Waals surface area contributed by atoms with Crippen molar-refractivity contribution in [3.05, 3.63) is 41.4 Å². The Labute approximate surface area is 127 Å². The van der Waals surface area contributed by atoms with E-state index in [9.17, 15) is 4.79 Å². The van der Waals surface area contributed by atoms with Gasteiger partial charge >= 0.3 is 5.97 Å². The van der Waals surface area contributed by atoms with Crippen LogP contribution >= 0.6 is 11.3 Å². The molecule has 0 bridgehead atoms. The highest BCUT2D eigenvalue weighted by Crippen LogP contribution is 2.23. The molecule has 0 saturated carbocycles. The van der Waals surface area contributed by atoms with Gasteiger partial charge in [-0.05, 0) is 19.3 Å². The highest BCUT2D eigenvalue weighted by molar-refractivity contribution is 7.13. The summed E-state index contributed by atoms with van der Waals surface area (Å²) in [6.07, 6.45) is 3.23. The summed E-state index contributed by atoms with van der Waals surface area (Å²) in [5, 5.41) is 2.57. The van der Waals surface area contributed by atoms with Crippen molar-refractivity contribution in [2.75, 3.05) is 13.2 Å². The lowest BCUT2D eigenvalue weighted by Crippen LogP contribution is -2.26. The zero-order valence-corrected chi connectivity index (χ0v) is 12.5. The second-order valence-electron chi connectivity index (χ2n) is 4.99. The van der Waals surface area contributed by atoms with Crippen molar-refractivity contribution < 1.29 is 14.3 Å². The number of benzene rings is 1. The first-order valence-electron chi connectivity index (χ1n) is 7.12. The van der Waals surface area contributed by atoms with Crippen LogP contribution < -0.4 is 0 Å². The molecule has 1 aromatic heterocycles. The maximum absolute atomic E-state index is 12.0. The number of hydrogen-bond acceptors (Lipinski definition) is 5. The fourth-order valence-corrected chi connectivity index (χ4v) is 3.06. The van der Waals surface area contributed by atoms with Gasteiger partial charge in [0, 0.05) is 17.6 Å². The first-order chi connectivity index (χ1) is 10.3. The monoisotopic (exact) mass is 303 g/mol. The number of aromatic nitrogens is 1. The number of carbonyl (C=O) groups excluding carboxylic acids is 1. The minimum absolute atomic E-state index is 0.0370. The molecule has 0 radical (unpaired) electrons. The maximum atomic E-state index is 12.0. The number of esters is 1. The van der Waals surface area contributed by atoms with Crippen LogP contribution in [-0.4, -0.2) is 30.3 Å². The summed E-state index contributed by atoms with van der Waals surface area (Å²) in [7, 11) is 0. The first kappa shape index (κ1) is 14.2. The molecule has 1 aliphatic rings. The molecule has 4 nitrogen and oxygen atoms in total. The molecule has 2 aromatic rings. The Hall–Kier alpha value is -1.72. The molecule has 0 N–H and O–H groups in total. The van der Waals surface area contributed by atoms with Crippen molar-refractivity contribution in [3.8, 4) is 10.6 Å². The van der Waals surface area contributed by atoms with E-state index in [4.69, 9.17) is 9.47 Å². The number of ether oxygens (including phenoxy) is 2. The predicted molar refractivity (Wildman–Crippen MR) is 81.4 cm³/mol. The molecule has 5 heteroatoms. The molecule has 1 saturated heterocycles. The van der Waals surface area contributed by atoms with Gasteiger partial charge in [0.2, 0.25) is 0 Å². The Morgan fingerprint density at radius 1 is 1.33 bits per heavy atom. The van der Waals surface area contributed by atoms with Crippen molar-refractivity contribution in [1.29, 1.82) is 0 Å². The third-order valence-corrected chi connectivity index (χ3v) is 4.30. The molecular formula is C16H17NO3S. The third kappa shape index (κ3) is 3.68. The highest BCUT2D eigenvalue weighted by Gasteiger charge is 2.18. The van der Waals surface area contributed by atoms with E-state index < -0.39 is 0 Å². The lowest BCUT2D eigenvalue weighted by Gasteiger charge is -2.21.